The lowest BCUT2D eigenvalue weighted by molar-refractivity contribution is -0.113. The maximum Gasteiger partial charge on any atom is 0.378 e. The molecule has 2 aromatic carbocycles. The molecule has 3 aromatic rings. The zero-order valence-corrected chi connectivity index (χ0v) is 18.1. The molecule has 1 aromatic heterocycles. The van der Waals surface area contributed by atoms with E-state index in [4.69, 9.17) is 4.74 Å². The van der Waals surface area contributed by atoms with Crippen molar-refractivity contribution in [3.8, 4) is 0 Å². The minimum Gasteiger partial charge on any atom is -0.463 e. The third kappa shape index (κ3) is 3.73. The lowest BCUT2D eigenvalue weighted by Gasteiger charge is -2.29. The molecule has 2 N–H and O–H groups in total. The van der Waals surface area contributed by atoms with Crippen LogP contribution in [-0.2, 0) is 9.53 Å². The highest BCUT2D eigenvalue weighted by molar-refractivity contribution is 6.06. The summed E-state index contributed by atoms with van der Waals surface area (Å²) in [6.07, 6.45) is 0. The number of carbonyl (C=O) groups is 2. The van der Waals surface area contributed by atoms with Gasteiger partial charge in [-0.2, -0.15) is 4.98 Å². The summed E-state index contributed by atoms with van der Waals surface area (Å²) in [5.74, 6) is -1.65. The Labute approximate surface area is 184 Å². The van der Waals surface area contributed by atoms with Gasteiger partial charge in [0, 0.05) is 16.9 Å². The summed E-state index contributed by atoms with van der Waals surface area (Å²) in [4.78, 5) is 29.6. The lowest BCUT2D eigenvalue weighted by atomic mass is 9.94. The van der Waals surface area contributed by atoms with E-state index in [0.717, 1.165) is 11.1 Å². The van der Waals surface area contributed by atoms with Crippen LogP contribution < -0.4 is 10.6 Å². The first-order valence-electron chi connectivity index (χ1n) is 9.95. The number of carbonyl (C=O) groups excluding carboxylic acids is 2. The van der Waals surface area contributed by atoms with Crippen LogP contribution in [0.1, 0.15) is 40.3 Å². The number of amides is 1. The molecule has 1 atom stereocenters. The van der Waals surface area contributed by atoms with Crippen LogP contribution >= 0.6 is 0 Å². The van der Waals surface area contributed by atoms with Gasteiger partial charge in [-0.1, -0.05) is 35.9 Å². The summed E-state index contributed by atoms with van der Waals surface area (Å²) in [7, 11) is 1.22. The lowest BCUT2D eigenvalue weighted by Crippen LogP contribution is -2.32. The summed E-state index contributed by atoms with van der Waals surface area (Å²) in [6.45, 7) is 5.56. The van der Waals surface area contributed by atoms with E-state index in [9.17, 15) is 14.0 Å². The van der Waals surface area contributed by atoms with E-state index < -0.39 is 23.7 Å². The van der Waals surface area contributed by atoms with Crippen molar-refractivity contribution < 1.29 is 18.7 Å². The fourth-order valence-electron chi connectivity index (χ4n) is 3.75. The number of halogens is 1. The Morgan fingerprint density at radius 1 is 1.16 bits per heavy atom. The van der Waals surface area contributed by atoms with Crippen molar-refractivity contribution in [1.82, 2.24) is 14.8 Å². The van der Waals surface area contributed by atoms with Crippen LogP contribution in [0.15, 0.2) is 53.7 Å². The Morgan fingerprint density at radius 2 is 1.91 bits per heavy atom. The van der Waals surface area contributed by atoms with Crippen LogP contribution in [0.2, 0.25) is 0 Å². The number of hydrogen-bond acceptors (Lipinski definition) is 6. The van der Waals surface area contributed by atoms with Crippen LogP contribution in [0.3, 0.4) is 0 Å². The molecule has 9 heteroatoms. The molecule has 8 nitrogen and oxygen atoms in total. The number of ether oxygens (including phenoxy) is 1. The van der Waals surface area contributed by atoms with E-state index in [1.807, 2.05) is 32.0 Å². The van der Waals surface area contributed by atoms with Crippen molar-refractivity contribution in [3.05, 3.63) is 82.1 Å². The highest BCUT2D eigenvalue weighted by Gasteiger charge is 2.36. The predicted molar refractivity (Wildman–Crippen MR) is 117 cm³/mol. The molecule has 0 aliphatic carbocycles. The highest BCUT2D eigenvalue weighted by atomic mass is 19.1. The van der Waals surface area contributed by atoms with Gasteiger partial charge in [0.05, 0.1) is 12.7 Å². The summed E-state index contributed by atoms with van der Waals surface area (Å²) in [5.41, 5.74) is 3.56. The molecule has 1 unspecified atom stereocenters. The van der Waals surface area contributed by atoms with E-state index >= 15 is 0 Å². The smallest absolute Gasteiger partial charge is 0.378 e. The minimum atomic E-state index is -0.941. The molecule has 0 spiro atoms. The van der Waals surface area contributed by atoms with Gasteiger partial charge in [-0.25, -0.2) is 13.9 Å². The summed E-state index contributed by atoms with van der Waals surface area (Å²) >= 11 is 0. The van der Waals surface area contributed by atoms with E-state index in [-0.39, 0.29) is 22.9 Å². The number of fused-ring (bicyclic) bond motifs is 1. The van der Waals surface area contributed by atoms with Gasteiger partial charge in [0.15, 0.2) is 0 Å². The zero-order valence-electron chi connectivity index (χ0n) is 18.1. The molecule has 0 fully saturated rings. The van der Waals surface area contributed by atoms with Crippen molar-refractivity contribution >= 4 is 23.5 Å². The number of methoxy groups -OCH3 is 1. The molecule has 32 heavy (non-hydrogen) atoms. The highest BCUT2D eigenvalue weighted by Crippen LogP contribution is 2.37. The number of benzene rings is 2. The molecule has 1 aliphatic heterocycles. The second kappa shape index (κ2) is 8.26. The number of rotatable bonds is 4. The van der Waals surface area contributed by atoms with Crippen LogP contribution in [0, 0.1) is 19.7 Å². The number of anilines is 2. The number of esters is 1. The van der Waals surface area contributed by atoms with Crippen molar-refractivity contribution in [2.45, 2.75) is 26.8 Å². The van der Waals surface area contributed by atoms with E-state index in [1.54, 1.807) is 25.1 Å². The Balaban J connectivity index is 1.82. The number of hydrogen-bond donors (Lipinski definition) is 2. The fraction of sp³-hybridized carbons (Fsp3) is 0.217. The summed E-state index contributed by atoms with van der Waals surface area (Å²) < 4.78 is 20.9. The van der Waals surface area contributed by atoms with Crippen molar-refractivity contribution in [2.24, 2.45) is 0 Å². The molecule has 2 heterocycles. The normalized spacial score (nSPS) is 15.1. The minimum absolute atomic E-state index is 0.194. The summed E-state index contributed by atoms with van der Waals surface area (Å²) in [5, 5.41) is 10.1. The number of nitrogens with one attached hydrogen (secondary N) is 2. The van der Waals surface area contributed by atoms with Gasteiger partial charge in [0.1, 0.15) is 11.9 Å². The summed E-state index contributed by atoms with van der Waals surface area (Å²) in [6, 6.07) is 10.9. The second-order valence-corrected chi connectivity index (χ2v) is 7.56. The maximum atomic E-state index is 14.9. The molecule has 0 radical (unpaired) electrons. The van der Waals surface area contributed by atoms with Crippen molar-refractivity contribution in [1.29, 1.82) is 0 Å². The van der Waals surface area contributed by atoms with Gasteiger partial charge in [0.25, 0.3) is 11.7 Å². The number of nitrogens with zero attached hydrogens (tertiary/aromatic N) is 3. The molecular formula is C23H22FN5O3. The Hall–Kier alpha value is -4.01. The van der Waals surface area contributed by atoms with Gasteiger partial charge in [0.2, 0.25) is 5.95 Å². The molecule has 1 amide bonds. The molecular weight excluding hydrogens is 413 g/mol. The van der Waals surface area contributed by atoms with Crippen LogP contribution in [-0.4, -0.2) is 33.8 Å². The Morgan fingerprint density at radius 3 is 2.59 bits per heavy atom. The predicted octanol–water partition coefficient (Wildman–Crippen LogP) is 3.75. The topological polar surface area (TPSA) is 98.1 Å². The molecule has 0 saturated carbocycles. The number of aromatic nitrogens is 3. The standard InChI is InChI=1S/C23H22FN5O3/c1-12-9-10-17(13(2)11-12)26-21(30)18-14(3)25-23-27-20(22(31)32-4)28-29(23)19(18)15-7-5-6-8-16(15)24/h5-11,19H,1-4H3,(H,26,30)(H,25,27,28). The average molecular weight is 435 g/mol. The average Bonchev–Trinajstić information content (AvgIpc) is 3.18. The Kier molecular flexibility index (Phi) is 5.48. The van der Waals surface area contributed by atoms with Crippen LogP contribution in [0.4, 0.5) is 16.0 Å². The van der Waals surface area contributed by atoms with Crippen LogP contribution in [0.5, 0.6) is 0 Å². The first-order valence-corrected chi connectivity index (χ1v) is 9.95. The van der Waals surface area contributed by atoms with Gasteiger partial charge in [-0.15, -0.1) is 5.10 Å². The maximum absolute atomic E-state index is 14.9. The number of allylic oxidation sites excluding steroid dienone is 1. The third-order valence-electron chi connectivity index (χ3n) is 5.30. The molecule has 4 rings (SSSR count). The molecule has 1 aliphatic rings. The van der Waals surface area contributed by atoms with Crippen molar-refractivity contribution in [2.75, 3.05) is 17.7 Å². The fourth-order valence-corrected chi connectivity index (χ4v) is 3.75. The first kappa shape index (κ1) is 21.2. The first-order chi connectivity index (χ1) is 15.3. The van der Waals surface area contributed by atoms with Gasteiger partial charge in [-0.05, 0) is 38.5 Å². The second-order valence-electron chi connectivity index (χ2n) is 7.56. The largest absolute Gasteiger partial charge is 0.463 e. The van der Waals surface area contributed by atoms with Gasteiger partial charge >= 0.3 is 5.97 Å². The van der Waals surface area contributed by atoms with E-state index in [1.165, 1.54) is 17.9 Å². The monoisotopic (exact) mass is 435 g/mol. The Bertz CT molecular complexity index is 1260. The van der Waals surface area contributed by atoms with Crippen molar-refractivity contribution in [3.63, 3.8) is 0 Å². The van der Waals surface area contributed by atoms with Gasteiger partial charge in [-0.3, -0.25) is 4.79 Å². The quantitative estimate of drug-likeness (QED) is 0.606. The third-order valence-corrected chi connectivity index (χ3v) is 5.30. The molecule has 164 valence electrons. The molecule has 0 saturated heterocycles. The van der Waals surface area contributed by atoms with E-state index in [0.29, 0.717) is 11.4 Å². The van der Waals surface area contributed by atoms with E-state index in [2.05, 4.69) is 20.7 Å². The zero-order chi connectivity index (χ0) is 23.0. The number of aryl methyl sites for hydroxylation is 2. The molecule has 0 bridgehead atoms. The van der Waals surface area contributed by atoms with Gasteiger partial charge < -0.3 is 15.4 Å². The van der Waals surface area contributed by atoms with Crippen LogP contribution in [0.25, 0.3) is 0 Å². The SMILES string of the molecule is COC(=O)c1nc2n(n1)C(c1ccccc1F)C(C(=O)Nc1ccc(C)cc1C)=C(C)N2.